The van der Waals surface area contributed by atoms with Gasteiger partial charge >= 0.3 is 0 Å². The van der Waals surface area contributed by atoms with Crippen molar-refractivity contribution in [3.63, 3.8) is 0 Å². The Morgan fingerprint density at radius 1 is 1.14 bits per heavy atom. The number of hydrogen-bond acceptors (Lipinski definition) is 6. The zero-order valence-corrected chi connectivity index (χ0v) is 16.5. The van der Waals surface area contributed by atoms with E-state index >= 15 is 0 Å². The highest BCUT2D eigenvalue weighted by atomic mass is 16.5. The molecule has 0 aliphatic carbocycles. The Morgan fingerprint density at radius 3 is 2.66 bits per heavy atom. The minimum Gasteiger partial charge on any atom is -0.359 e. The van der Waals surface area contributed by atoms with Crippen LogP contribution in [0.15, 0.2) is 53.4 Å². The van der Waals surface area contributed by atoms with Crippen LogP contribution in [0, 0.1) is 0 Å². The van der Waals surface area contributed by atoms with Gasteiger partial charge in [-0.05, 0) is 23.8 Å². The van der Waals surface area contributed by atoms with Crippen LogP contribution in [0.5, 0.6) is 0 Å². The maximum Gasteiger partial charge on any atom is 0.230 e. The zero-order valence-electron chi connectivity index (χ0n) is 16.5. The van der Waals surface area contributed by atoms with Crippen LogP contribution in [0.4, 0.5) is 17.3 Å². The molecular weight excluding hydrogens is 368 g/mol. The fraction of sp³-hybridized carbons (Fsp3) is 0.238. The highest BCUT2D eigenvalue weighted by Gasteiger charge is 2.20. The number of nitrogens with zero attached hydrogens (tertiary/aromatic N) is 3. The summed E-state index contributed by atoms with van der Waals surface area (Å²) in [6.45, 7) is 6.08. The van der Waals surface area contributed by atoms with Gasteiger partial charge in [0, 0.05) is 23.4 Å². The van der Waals surface area contributed by atoms with Crippen LogP contribution in [0.1, 0.15) is 32.1 Å². The Labute approximate surface area is 167 Å². The van der Waals surface area contributed by atoms with Crippen molar-refractivity contribution in [1.82, 2.24) is 20.1 Å². The van der Waals surface area contributed by atoms with Gasteiger partial charge in [0.1, 0.15) is 23.6 Å². The van der Waals surface area contributed by atoms with Gasteiger partial charge in [0.15, 0.2) is 5.82 Å². The second-order valence-electron chi connectivity index (χ2n) is 7.84. The van der Waals surface area contributed by atoms with E-state index in [1.165, 1.54) is 6.33 Å². The first-order valence-electron chi connectivity index (χ1n) is 9.29. The molecule has 29 heavy (non-hydrogen) atoms. The summed E-state index contributed by atoms with van der Waals surface area (Å²) in [6, 6.07) is 11.3. The number of fused-ring (bicyclic) bond motifs is 1. The minimum absolute atomic E-state index is 0.149. The molecule has 0 radical (unpaired) electrons. The number of amides is 1. The number of hydrogen-bond donors (Lipinski definition) is 3. The van der Waals surface area contributed by atoms with Crippen LogP contribution >= 0.6 is 0 Å². The lowest BCUT2D eigenvalue weighted by atomic mass is 9.93. The molecule has 148 valence electrons. The highest BCUT2D eigenvalue weighted by Crippen LogP contribution is 2.25. The van der Waals surface area contributed by atoms with E-state index in [-0.39, 0.29) is 17.7 Å². The lowest BCUT2D eigenvalue weighted by Gasteiger charge is -2.12. The van der Waals surface area contributed by atoms with Crippen molar-refractivity contribution in [3.05, 3.63) is 60.2 Å². The first-order chi connectivity index (χ1) is 13.9. The maximum absolute atomic E-state index is 12.3. The van der Waals surface area contributed by atoms with E-state index in [2.05, 4.69) is 30.7 Å². The van der Waals surface area contributed by atoms with Gasteiger partial charge in [-0.25, -0.2) is 9.97 Å². The molecule has 0 unspecified atom stereocenters. The molecule has 0 bridgehead atoms. The molecule has 0 aliphatic rings. The van der Waals surface area contributed by atoms with E-state index < -0.39 is 0 Å². The molecule has 4 aromatic rings. The number of anilines is 3. The van der Waals surface area contributed by atoms with Gasteiger partial charge in [-0.3, -0.25) is 4.79 Å². The summed E-state index contributed by atoms with van der Waals surface area (Å²) < 4.78 is 5.29. The second-order valence-corrected chi connectivity index (χ2v) is 7.84. The molecule has 4 rings (SSSR count). The Morgan fingerprint density at radius 2 is 1.93 bits per heavy atom. The number of rotatable bonds is 5. The molecule has 0 saturated heterocycles. The lowest BCUT2D eigenvalue weighted by molar-refractivity contribution is -0.115. The third kappa shape index (κ3) is 4.26. The SMILES string of the molecule is CC(C)(C)c1cc(NC(=O)Cc2ccc(Nc3ncnc4[nH]ccc34)cc2)no1. The largest absolute Gasteiger partial charge is 0.359 e. The molecule has 0 saturated carbocycles. The maximum atomic E-state index is 12.3. The lowest BCUT2D eigenvalue weighted by Crippen LogP contribution is -2.14. The summed E-state index contributed by atoms with van der Waals surface area (Å²) in [5.41, 5.74) is 2.39. The van der Waals surface area contributed by atoms with Crippen molar-refractivity contribution in [3.8, 4) is 0 Å². The average Bonchev–Trinajstić information content (AvgIpc) is 3.33. The quantitative estimate of drug-likeness (QED) is 0.472. The fourth-order valence-electron chi connectivity index (χ4n) is 2.87. The molecule has 3 heterocycles. The molecule has 1 aromatic carbocycles. The summed E-state index contributed by atoms with van der Waals surface area (Å²) in [5, 5.41) is 10.9. The van der Waals surface area contributed by atoms with Crippen LogP contribution in [-0.4, -0.2) is 26.0 Å². The number of H-pyrrole nitrogens is 1. The summed E-state index contributed by atoms with van der Waals surface area (Å²) >= 11 is 0. The standard InChI is InChI=1S/C21H22N6O2/c1-21(2,3)16-11-17(27-29-16)26-18(28)10-13-4-6-14(7-5-13)25-20-15-8-9-22-19(15)23-12-24-20/h4-9,11-12H,10H2,1-3H3,(H,26,27,28)(H2,22,23,24,25). The van der Waals surface area contributed by atoms with Crippen LogP contribution in [0.3, 0.4) is 0 Å². The molecule has 0 spiro atoms. The number of benzene rings is 1. The number of carbonyl (C=O) groups is 1. The molecule has 0 aliphatic heterocycles. The highest BCUT2D eigenvalue weighted by molar-refractivity contribution is 5.91. The van der Waals surface area contributed by atoms with Gasteiger partial charge < -0.3 is 20.1 Å². The smallest absolute Gasteiger partial charge is 0.230 e. The van der Waals surface area contributed by atoms with Gasteiger partial charge in [0.05, 0.1) is 11.8 Å². The predicted octanol–water partition coefficient (Wildman–Crippen LogP) is 4.17. The molecule has 0 atom stereocenters. The van der Waals surface area contributed by atoms with E-state index in [1.807, 2.05) is 57.3 Å². The summed E-state index contributed by atoms with van der Waals surface area (Å²) in [6.07, 6.45) is 3.58. The Hall–Kier alpha value is -3.68. The van der Waals surface area contributed by atoms with Gasteiger partial charge in [0.2, 0.25) is 5.91 Å². The average molecular weight is 390 g/mol. The fourth-order valence-corrected chi connectivity index (χ4v) is 2.87. The topological polar surface area (TPSA) is 109 Å². The first kappa shape index (κ1) is 18.7. The molecule has 3 aromatic heterocycles. The third-order valence-corrected chi connectivity index (χ3v) is 4.45. The molecular formula is C21H22N6O2. The van der Waals surface area contributed by atoms with E-state index in [9.17, 15) is 4.79 Å². The Bertz CT molecular complexity index is 1140. The van der Waals surface area contributed by atoms with Gasteiger partial charge in [-0.15, -0.1) is 0 Å². The van der Waals surface area contributed by atoms with E-state index in [0.29, 0.717) is 5.82 Å². The molecule has 8 nitrogen and oxygen atoms in total. The number of aromatic amines is 1. The molecule has 8 heteroatoms. The van der Waals surface area contributed by atoms with Crippen LogP contribution in [0.2, 0.25) is 0 Å². The van der Waals surface area contributed by atoms with Gasteiger partial charge in [-0.2, -0.15) is 0 Å². The van der Waals surface area contributed by atoms with E-state index in [0.717, 1.165) is 33.9 Å². The van der Waals surface area contributed by atoms with E-state index in [1.54, 1.807) is 6.07 Å². The van der Waals surface area contributed by atoms with Crippen molar-refractivity contribution in [1.29, 1.82) is 0 Å². The monoisotopic (exact) mass is 390 g/mol. The van der Waals surface area contributed by atoms with Crippen LogP contribution < -0.4 is 10.6 Å². The zero-order chi connectivity index (χ0) is 20.4. The number of nitrogens with one attached hydrogen (secondary N) is 3. The molecule has 1 amide bonds. The van der Waals surface area contributed by atoms with Crippen molar-refractivity contribution in [2.24, 2.45) is 0 Å². The van der Waals surface area contributed by atoms with Crippen molar-refractivity contribution >= 4 is 34.3 Å². The van der Waals surface area contributed by atoms with Crippen molar-refractivity contribution in [2.45, 2.75) is 32.6 Å². The van der Waals surface area contributed by atoms with Crippen LogP contribution in [-0.2, 0) is 16.6 Å². The van der Waals surface area contributed by atoms with E-state index in [4.69, 9.17) is 4.52 Å². The van der Waals surface area contributed by atoms with Gasteiger partial charge in [0.25, 0.3) is 0 Å². The van der Waals surface area contributed by atoms with Crippen LogP contribution in [0.25, 0.3) is 11.0 Å². The van der Waals surface area contributed by atoms with Crippen molar-refractivity contribution in [2.75, 3.05) is 10.6 Å². The Kier molecular flexibility index (Phi) is 4.75. The third-order valence-electron chi connectivity index (χ3n) is 4.45. The first-order valence-corrected chi connectivity index (χ1v) is 9.29. The predicted molar refractivity (Wildman–Crippen MR) is 111 cm³/mol. The summed E-state index contributed by atoms with van der Waals surface area (Å²) in [7, 11) is 0. The van der Waals surface area contributed by atoms with Crippen molar-refractivity contribution < 1.29 is 9.32 Å². The second kappa shape index (κ2) is 7.38. The molecule has 3 N–H and O–H groups in total. The Balaban J connectivity index is 1.38. The summed E-state index contributed by atoms with van der Waals surface area (Å²) in [4.78, 5) is 23.8. The molecule has 0 fully saturated rings. The minimum atomic E-state index is -0.158. The summed E-state index contributed by atoms with van der Waals surface area (Å²) in [5.74, 6) is 1.73. The number of carbonyl (C=O) groups excluding carboxylic acids is 1. The normalized spacial score (nSPS) is 11.6. The van der Waals surface area contributed by atoms with Gasteiger partial charge in [-0.1, -0.05) is 38.1 Å². The number of aromatic nitrogens is 4.